The van der Waals surface area contributed by atoms with Crippen LogP contribution in [0.25, 0.3) is 0 Å². The Morgan fingerprint density at radius 1 is 0.857 bits per heavy atom. The molecule has 0 unspecified atom stereocenters. The summed E-state index contributed by atoms with van der Waals surface area (Å²) in [6.07, 6.45) is 7.32. The second-order valence-corrected chi connectivity index (χ2v) is 4.92. The molecule has 0 atom stereocenters. The summed E-state index contributed by atoms with van der Waals surface area (Å²) in [5, 5.41) is 3.67. The Bertz CT molecular complexity index is 181. The van der Waals surface area contributed by atoms with Crippen LogP contribution < -0.4 is 5.32 Å². The quantitative estimate of drug-likeness (QED) is 0.637. The summed E-state index contributed by atoms with van der Waals surface area (Å²) >= 11 is 0. The molecule has 3 nitrogen and oxygen atoms in total. The highest BCUT2D eigenvalue weighted by atomic mass is 16.7. The van der Waals surface area contributed by atoms with Crippen LogP contribution in [0, 0.1) is 0 Å². The molecule has 1 saturated carbocycles. The van der Waals surface area contributed by atoms with Gasteiger partial charge >= 0.3 is 0 Å². The number of ether oxygens (including phenoxy) is 2. The standard InChI is InChI=1S/C11H19NO2/c1-2-10(12-7-1)3-5-11(6-4-10)13-8-9-14-11/h12H,1-9H2. The monoisotopic (exact) mass is 197 g/mol. The molecule has 0 radical (unpaired) electrons. The number of nitrogens with one attached hydrogen (secondary N) is 1. The molecular formula is C11H19NO2. The molecule has 1 N–H and O–H groups in total. The third-order valence-electron chi connectivity index (χ3n) is 4.11. The second kappa shape index (κ2) is 3.19. The Balaban J connectivity index is 1.66. The normalized spacial score (nSPS) is 34.3. The van der Waals surface area contributed by atoms with E-state index in [1.54, 1.807) is 0 Å². The van der Waals surface area contributed by atoms with Crippen molar-refractivity contribution in [3.05, 3.63) is 0 Å². The number of hydrogen-bond donors (Lipinski definition) is 1. The van der Waals surface area contributed by atoms with Crippen molar-refractivity contribution in [2.75, 3.05) is 19.8 Å². The van der Waals surface area contributed by atoms with Gasteiger partial charge in [-0.25, -0.2) is 0 Å². The molecule has 3 heteroatoms. The first-order valence-electron chi connectivity index (χ1n) is 5.86. The molecule has 3 rings (SSSR count). The van der Waals surface area contributed by atoms with Crippen molar-refractivity contribution in [3.8, 4) is 0 Å². The number of hydrogen-bond acceptors (Lipinski definition) is 3. The Morgan fingerprint density at radius 3 is 2.14 bits per heavy atom. The van der Waals surface area contributed by atoms with Crippen molar-refractivity contribution in [2.24, 2.45) is 0 Å². The van der Waals surface area contributed by atoms with Crippen LogP contribution in [0.4, 0.5) is 0 Å². The largest absolute Gasteiger partial charge is 0.348 e. The van der Waals surface area contributed by atoms with E-state index in [9.17, 15) is 0 Å². The van der Waals surface area contributed by atoms with Gasteiger partial charge in [0.2, 0.25) is 0 Å². The minimum atomic E-state index is -0.185. The predicted octanol–water partition coefficient (Wildman–Crippen LogP) is 1.43. The maximum absolute atomic E-state index is 5.73. The van der Waals surface area contributed by atoms with E-state index in [-0.39, 0.29) is 5.79 Å². The van der Waals surface area contributed by atoms with Gasteiger partial charge in [0, 0.05) is 18.4 Å². The molecule has 0 amide bonds. The van der Waals surface area contributed by atoms with Crippen molar-refractivity contribution in [2.45, 2.75) is 49.9 Å². The summed E-state index contributed by atoms with van der Waals surface area (Å²) < 4.78 is 11.5. The summed E-state index contributed by atoms with van der Waals surface area (Å²) in [6, 6.07) is 0. The van der Waals surface area contributed by atoms with Gasteiger partial charge in [0.15, 0.2) is 5.79 Å². The summed E-state index contributed by atoms with van der Waals surface area (Å²) in [5.41, 5.74) is 0.445. The fraction of sp³-hybridized carbons (Fsp3) is 1.00. The van der Waals surface area contributed by atoms with E-state index in [4.69, 9.17) is 9.47 Å². The molecule has 2 saturated heterocycles. The predicted molar refractivity (Wildman–Crippen MR) is 53.1 cm³/mol. The van der Waals surface area contributed by atoms with Gasteiger partial charge in [0.1, 0.15) is 0 Å². The van der Waals surface area contributed by atoms with E-state index in [2.05, 4.69) is 5.32 Å². The molecule has 1 aliphatic carbocycles. The molecule has 2 heterocycles. The average molecular weight is 197 g/mol. The van der Waals surface area contributed by atoms with Crippen molar-refractivity contribution in [3.63, 3.8) is 0 Å². The minimum Gasteiger partial charge on any atom is -0.348 e. The van der Waals surface area contributed by atoms with Crippen LogP contribution in [0.15, 0.2) is 0 Å². The molecule has 2 aliphatic heterocycles. The summed E-state index contributed by atoms with van der Waals surface area (Å²) in [7, 11) is 0. The summed E-state index contributed by atoms with van der Waals surface area (Å²) in [6.45, 7) is 2.79. The molecule has 2 spiro atoms. The molecule has 0 aromatic heterocycles. The third-order valence-corrected chi connectivity index (χ3v) is 4.11. The Kier molecular flexibility index (Phi) is 2.08. The molecule has 0 bridgehead atoms. The van der Waals surface area contributed by atoms with Gasteiger partial charge in [-0.3, -0.25) is 0 Å². The summed E-state index contributed by atoms with van der Waals surface area (Å²) in [5.74, 6) is -0.185. The Morgan fingerprint density at radius 2 is 1.57 bits per heavy atom. The molecule has 0 aromatic carbocycles. The van der Waals surface area contributed by atoms with Gasteiger partial charge in [0.05, 0.1) is 13.2 Å². The summed E-state index contributed by atoms with van der Waals surface area (Å²) in [4.78, 5) is 0. The maximum atomic E-state index is 5.73. The zero-order chi connectivity index (χ0) is 9.49. The average Bonchev–Trinajstić information content (AvgIpc) is 2.81. The fourth-order valence-corrected chi connectivity index (χ4v) is 3.19. The number of rotatable bonds is 0. The third kappa shape index (κ3) is 1.38. The van der Waals surface area contributed by atoms with Crippen molar-refractivity contribution >= 4 is 0 Å². The van der Waals surface area contributed by atoms with Crippen LogP contribution in [0.3, 0.4) is 0 Å². The van der Waals surface area contributed by atoms with Crippen LogP contribution in [0.5, 0.6) is 0 Å². The van der Waals surface area contributed by atoms with Gasteiger partial charge in [-0.15, -0.1) is 0 Å². The molecule has 0 aromatic rings. The van der Waals surface area contributed by atoms with Crippen LogP contribution in [-0.4, -0.2) is 31.1 Å². The van der Waals surface area contributed by atoms with Gasteiger partial charge in [-0.1, -0.05) is 0 Å². The lowest BCUT2D eigenvalue weighted by molar-refractivity contribution is -0.185. The van der Waals surface area contributed by atoms with E-state index in [1.165, 1.54) is 32.2 Å². The van der Waals surface area contributed by atoms with E-state index in [1.807, 2.05) is 0 Å². The first-order valence-corrected chi connectivity index (χ1v) is 5.86. The highest BCUT2D eigenvalue weighted by molar-refractivity contribution is 4.99. The van der Waals surface area contributed by atoms with Crippen LogP contribution in [0.2, 0.25) is 0 Å². The molecular weight excluding hydrogens is 178 g/mol. The van der Waals surface area contributed by atoms with Gasteiger partial charge in [-0.05, 0) is 32.2 Å². The smallest absolute Gasteiger partial charge is 0.168 e. The zero-order valence-corrected chi connectivity index (χ0v) is 8.68. The van der Waals surface area contributed by atoms with Gasteiger partial charge < -0.3 is 14.8 Å². The van der Waals surface area contributed by atoms with Crippen molar-refractivity contribution < 1.29 is 9.47 Å². The van der Waals surface area contributed by atoms with Crippen LogP contribution >= 0.6 is 0 Å². The van der Waals surface area contributed by atoms with Crippen LogP contribution in [0.1, 0.15) is 38.5 Å². The zero-order valence-electron chi connectivity index (χ0n) is 8.68. The second-order valence-electron chi connectivity index (χ2n) is 4.92. The highest BCUT2D eigenvalue weighted by Crippen LogP contribution is 2.43. The van der Waals surface area contributed by atoms with E-state index < -0.39 is 0 Å². The molecule has 80 valence electrons. The lowest BCUT2D eigenvalue weighted by Crippen LogP contribution is -2.48. The minimum absolute atomic E-state index is 0.185. The molecule has 3 aliphatic rings. The Labute approximate surface area is 85.1 Å². The van der Waals surface area contributed by atoms with Crippen LogP contribution in [-0.2, 0) is 9.47 Å². The van der Waals surface area contributed by atoms with E-state index >= 15 is 0 Å². The van der Waals surface area contributed by atoms with Gasteiger partial charge in [-0.2, -0.15) is 0 Å². The topological polar surface area (TPSA) is 30.5 Å². The molecule has 14 heavy (non-hydrogen) atoms. The fourth-order valence-electron chi connectivity index (χ4n) is 3.19. The molecule has 3 fully saturated rings. The van der Waals surface area contributed by atoms with Crippen molar-refractivity contribution in [1.82, 2.24) is 5.32 Å². The Hall–Kier alpha value is -0.120. The lowest BCUT2D eigenvalue weighted by Gasteiger charge is -2.41. The SMILES string of the molecule is C1CNC2(C1)CCC1(CC2)OCCO1. The maximum Gasteiger partial charge on any atom is 0.168 e. The first kappa shape index (κ1) is 9.13. The van der Waals surface area contributed by atoms with E-state index in [0.29, 0.717) is 5.54 Å². The van der Waals surface area contributed by atoms with Crippen molar-refractivity contribution in [1.29, 1.82) is 0 Å². The van der Waals surface area contributed by atoms with E-state index in [0.717, 1.165) is 26.1 Å². The highest BCUT2D eigenvalue weighted by Gasteiger charge is 2.46. The lowest BCUT2D eigenvalue weighted by atomic mass is 9.78. The first-order chi connectivity index (χ1) is 6.83. The van der Waals surface area contributed by atoms with Gasteiger partial charge in [0.25, 0.3) is 0 Å².